The van der Waals surface area contributed by atoms with Crippen molar-refractivity contribution in [3.63, 3.8) is 0 Å². The lowest BCUT2D eigenvalue weighted by atomic mass is 9.79. The Morgan fingerprint density at radius 3 is 2.50 bits per heavy atom. The summed E-state index contributed by atoms with van der Waals surface area (Å²) < 4.78 is 0. The van der Waals surface area contributed by atoms with E-state index in [9.17, 15) is 0 Å². The first-order valence-corrected chi connectivity index (χ1v) is 7.37. The highest BCUT2D eigenvalue weighted by molar-refractivity contribution is 5.36. The molecule has 2 aliphatic carbocycles. The van der Waals surface area contributed by atoms with E-state index in [2.05, 4.69) is 18.2 Å². The highest BCUT2D eigenvalue weighted by Crippen LogP contribution is 2.34. The van der Waals surface area contributed by atoms with Crippen molar-refractivity contribution in [1.29, 1.82) is 0 Å². The van der Waals surface area contributed by atoms with Crippen molar-refractivity contribution < 1.29 is 0 Å². The number of rotatable bonds is 2. The zero-order chi connectivity index (χ0) is 12.5. The van der Waals surface area contributed by atoms with E-state index in [1.165, 1.54) is 48.8 Å². The van der Waals surface area contributed by atoms with E-state index in [4.69, 9.17) is 11.5 Å². The maximum atomic E-state index is 6.47. The van der Waals surface area contributed by atoms with E-state index in [1.807, 2.05) is 0 Å². The smallest absolute Gasteiger partial charge is 0.0323 e. The summed E-state index contributed by atoms with van der Waals surface area (Å²) >= 11 is 0. The Hall–Kier alpha value is -0.860. The van der Waals surface area contributed by atoms with Gasteiger partial charge in [-0.25, -0.2) is 0 Å². The molecule has 18 heavy (non-hydrogen) atoms. The average molecular weight is 244 g/mol. The molecule has 1 fully saturated rings. The molecule has 0 amide bonds. The Kier molecular flexibility index (Phi) is 3.40. The van der Waals surface area contributed by atoms with Crippen LogP contribution in [0.3, 0.4) is 0 Å². The normalized spacial score (nSPS) is 29.0. The monoisotopic (exact) mass is 244 g/mol. The van der Waals surface area contributed by atoms with Crippen molar-refractivity contribution in [3.05, 3.63) is 34.9 Å². The molecule has 1 aromatic carbocycles. The first-order valence-electron chi connectivity index (χ1n) is 7.37. The van der Waals surface area contributed by atoms with Crippen molar-refractivity contribution in [2.45, 2.75) is 57.0 Å². The molecule has 0 saturated heterocycles. The second-order valence-electron chi connectivity index (χ2n) is 6.08. The lowest BCUT2D eigenvalue weighted by Crippen LogP contribution is -2.31. The van der Waals surface area contributed by atoms with Gasteiger partial charge in [-0.05, 0) is 67.6 Å². The van der Waals surface area contributed by atoms with Crippen molar-refractivity contribution in [1.82, 2.24) is 0 Å². The molecule has 0 spiro atoms. The second-order valence-corrected chi connectivity index (χ2v) is 6.08. The van der Waals surface area contributed by atoms with Crippen molar-refractivity contribution in [2.24, 2.45) is 17.4 Å². The van der Waals surface area contributed by atoms with Crippen LogP contribution in [-0.2, 0) is 12.8 Å². The summed E-state index contributed by atoms with van der Waals surface area (Å²) in [4.78, 5) is 0. The van der Waals surface area contributed by atoms with E-state index in [-0.39, 0.29) is 6.04 Å². The molecular weight excluding hydrogens is 220 g/mol. The Bertz CT molecular complexity index is 419. The van der Waals surface area contributed by atoms with Gasteiger partial charge in [-0.15, -0.1) is 0 Å². The molecule has 1 unspecified atom stereocenters. The van der Waals surface area contributed by atoms with Gasteiger partial charge in [-0.1, -0.05) is 18.2 Å². The van der Waals surface area contributed by atoms with Crippen LogP contribution < -0.4 is 11.5 Å². The Balaban J connectivity index is 1.74. The molecule has 0 heterocycles. The Morgan fingerprint density at radius 2 is 1.72 bits per heavy atom. The van der Waals surface area contributed by atoms with Crippen LogP contribution in [-0.4, -0.2) is 6.04 Å². The zero-order valence-electron chi connectivity index (χ0n) is 11.1. The SMILES string of the molecule is NC1CCC(C(N)c2ccc3c(c2)CCC3)CC1. The van der Waals surface area contributed by atoms with Crippen LogP contribution in [0.1, 0.15) is 54.8 Å². The van der Waals surface area contributed by atoms with E-state index >= 15 is 0 Å². The lowest BCUT2D eigenvalue weighted by molar-refractivity contribution is 0.285. The van der Waals surface area contributed by atoms with E-state index in [0.29, 0.717) is 12.0 Å². The standard InChI is InChI=1S/C16H24N2/c17-15-8-6-12(7-9-15)16(18)14-5-4-11-2-1-3-13(11)10-14/h4-5,10,12,15-16H,1-3,6-9,17-18H2. The number of benzene rings is 1. The summed E-state index contributed by atoms with van der Waals surface area (Å²) in [7, 11) is 0. The molecule has 2 heteroatoms. The predicted molar refractivity (Wildman–Crippen MR) is 75.3 cm³/mol. The van der Waals surface area contributed by atoms with Crippen LogP contribution >= 0.6 is 0 Å². The molecule has 0 aliphatic heterocycles. The summed E-state index contributed by atoms with van der Waals surface area (Å²) in [6.45, 7) is 0. The summed E-state index contributed by atoms with van der Waals surface area (Å²) in [5.41, 5.74) is 16.9. The van der Waals surface area contributed by atoms with E-state index in [0.717, 1.165) is 12.8 Å². The molecular formula is C16H24N2. The molecule has 0 bridgehead atoms. The van der Waals surface area contributed by atoms with Gasteiger partial charge in [0.1, 0.15) is 0 Å². The van der Waals surface area contributed by atoms with Gasteiger partial charge in [0.25, 0.3) is 0 Å². The number of aryl methyl sites for hydroxylation is 2. The molecule has 2 nitrogen and oxygen atoms in total. The fraction of sp³-hybridized carbons (Fsp3) is 0.625. The topological polar surface area (TPSA) is 52.0 Å². The Morgan fingerprint density at radius 1 is 1.00 bits per heavy atom. The molecule has 2 aliphatic rings. The van der Waals surface area contributed by atoms with Gasteiger partial charge in [-0.3, -0.25) is 0 Å². The molecule has 3 rings (SSSR count). The summed E-state index contributed by atoms with van der Waals surface area (Å²) in [5, 5.41) is 0. The average Bonchev–Trinajstić information content (AvgIpc) is 2.86. The van der Waals surface area contributed by atoms with E-state index in [1.54, 1.807) is 0 Å². The van der Waals surface area contributed by atoms with Crippen LogP contribution in [0.15, 0.2) is 18.2 Å². The van der Waals surface area contributed by atoms with Crippen LogP contribution in [0.5, 0.6) is 0 Å². The largest absolute Gasteiger partial charge is 0.328 e. The lowest BCUT2D eigenvalue weighted by Gasteiger charge is -2.31. The molecule has 1 atom stereocenters. The van der Waals surface area contributed by atoms with Crippen LogP contribution in [0.25, 0.3) is 0 Å². The number of nitrogens with two attached hydrogens (primary N) is 2. The van der Waals surface area contributed by atoms with Gasteiger partial charge in [0, 0.05) is 12.1 Å². The molecule has 0 radical (unpaired) electrons. The maximum Gasteiger partial charge on any atom is 0.0323 e. The van der Waals surface area contributed by atoms with Gasteiger partial charge in [0.2, 0.25) is 0 Å². The van der Waals surface area contributed by atoms with Crippen molar-refractivity contribution in [2.75, 3.05) is 0 Å². The van der Waals surface area contributed by atoms with Crippen molar-refractivity contribution >= 4 is 0 Å². The summed E-state index contributed by atoms with van der Waals surface area (Å²) in [5.74, 6) is 0.629. The van der Waals surface area contributed by atoms with Gasteiger partial charge >= 0.3 is 0 Å². The molecule has 98 valence electrons. The first-order chi connectivity index (χ1) is 8.74. The molecule has 1 saturated carbocycles. The summed E-state index contributed by atoms with van der Waals surface area (Å²) in [6.07, 6.45) is 8.48. The Labute approximate surface area is 110 Å². The molecule has 0 aromatic heterocycles. The number of hydrogen-bond acceptors (Lipinski definition) is 2. The zero-order valence-corrected chi connectivity index (χ0v) is 11.1. The number of hydrogen-bond donors (Lipinski definition) is 2. The third-order valence-electron chi connectivity index (χ3n) is 4.83. The van der Waals surface area contributed by atoms with Gasteiger partial charge < -0.3 is 11.5 Å². The third kappa shape index (κ3) is 2.32. The second kappa shape index (κ2) is 5.02. The quantitative estimate of drug-likeness (QED) is 0.840. The van der Waals surface area contributed by atoms with Gasteiger partial charge in [0.05, 0.1) is 0 Å². The third-order valence-corrected chi connectivity index (χ3v) is 4.83. The molecule has 4 N–H and O–H groups in total. The van der Waals surface area contributed by atoms with E-state index < -0.39 is 0 Å². The number of fused-ring (bicyclic) bond motifs is 1. The predicted octanol–water partition coefficient (Wildman–Crippen LogP) is 2.69. The summed E-state index contributed by atoms with van der Waals surface area (Å²) in [6, 6.07) is 7.54. The van der Waals surface area contributed by atoms with Crippen LogP contribution in [0.2, 0.25) is 0 Å². The van der Waals surface area contributed by atoms with Crippen molar-refractivity contribution in [3.8, 4) is 0 Å². The van der Waals surface area contributed by atoms with Gasteiger partial charge in [0.15, 0.2) is 0 Å². The van der Waals surface area contributed by atoms with Crippen LogP contribution in [0, 0.1) is 5.92 Å². The highest BCUT2D eigenvalue weighted by Gasteiger charge is 2.25. The minimum Gasteiger partial charge on any atom is -0.328 e. The van der Waals surface area contributed by atoms with Crippen LogP contribution in [0.4, 0.5) is 0 Å². The van der Waals surface area contributed by atoms with Gasteiger partial charge in [-0.2, -0.15) is 0 Å². The fourth-order valence-corrected chi connectivity index (χ4v) is 3.58. The molecule has 1 aromatic rings. The first kappa shape index (κ1) is 12.2. The minimum atomic E-state index is 0.211. The highest BCUT2D eigenvalue weighted by atomic mass is 14.7. The fourth-order valence-electron chi connectivity index (χ4n) is 3.58. The minimum absolute atomic E-state index is 0.211. The maximum absolute atomic E-state index is 6.47.